The molecule has 2 aromatic heterocycles. The molecule has 1 aliphatic rings. The van der Waals surface area contributed by atoms with Crippen LogP contribution in [0, 0.1) is 0 Å². The fraction of sp³-hybridized carbons (Fsp3) is 0.353. The Morgan fingerprint density at radius 3 is 2.74 bits per heavy atom. The fourth-order valence-corrected chi connectivity index (χ4v) is 4.04. The lowest BCUT2D eigenvalue weighted by Crippen LogP contribution is -2.24. The van der Waals surface area contributed by atoms with Gasteiger partial charge in [0.1, 0.15) is 0 Å². The molecule has 4 rings (SSSR count). The molecular formula is C17H16ClN5O3S. The molecule has 1 fully saturated rings. The number of aromatic nitrogens is 5. The molecule has 8 nitrogen and oxygen atoms in total. The van der Waals surface area contributed by atoms with Crippen molar-refractivity contribution in [3.63, 3.8) is 0 Å². The van der Waals surface area contributed by atoms with Gasteiger partial charge in [-0.25, -0.2) is 4.79 Å². The van der Waals surface area contributed by atoms with Crippen LogP contribution in [0.3, 0.4) is 0 Å². The maximum absolute atomic E-state index is 13.2. The molecule has 0 unspecified atom stereocenters. The molecule has 0 atom stereocenters. The molecule has 27 heavy (non-hydrogen) atoms. The highest BCUT2D eigenvalue weighted by Crippen LogP contribution is 2.42. The van der Waals surface area contributed by atoms with Gasteiger partial charge >= 0.3 is 5.69 Å². The fourth-order valence-electron chi connectivity index (χ4n) is 2.97. The zero-order valence-electron chi connectivity index (χ0n) is 14.7. The molecular weight excluding hydrogens is 390 g/mol. The molecule has 0 saturated heterocycles. The maximum atomic E-state index is 13.2. The lowest BCUT2D eigenvalue weighted by Gasteiger charge is -2.13. The molecule has 1 saturated carbocycles. The number of nitrogens with zero attached hydrogens (tertiary/aromatic N) is 5. The van der Waals surface area contributed by atoms with E-state index in [0.717, 1.165) is 17.5 Å². The van der Waals surface area contributed by atoms with Gasteiger partial charge in [0.2, 0.25) is 0 Å². The summed E-state index contributed by atoms with van der Waals surface area (Å²) in [4.78, 5) is 26.0. The quantitative estimate of drug-likeness (QED) is 0.459. The highest BCUT2D eigenvalue weighted by atomic mass is 35.5. The summed E-state index contributed by atoms with van der Waals surface area (Å²) in [5.74, 6) is 0.759. The minimum Gasteiger partial charge on any atom is -0.360 e. The SMILES string of the molecule is CSc1c(C(=O)c2cnoc2C2CC2)ccc(Cl)c1Cn1nnn(C)c1=O. The molecule has 2 heterocycles. The zero-order chi connectivity index (χ0) is 19.1. The van der Waals surface area contributed by atoms with Crippen molar-refractivity contribution in [2.24, 2.45) is 7.05 Å². The summed E-state index contributed by atoms with van der Waals surface area (Å²) in [6, 6.07) is 3.36. The minimum absolute atomic E-state index is 0.127. The summed E-state index contributed by atoms with van der Waals surface area (Å²) in [5.41, 5.74) is 1.29. The van der Waals surface area contributed by atoms with Gasteiger partial charge in [-0.1, -0.05) is 16.8 Å². The molecule has 1 aromatic carbocycles. The Bertz CT molecular complexity index is 1080. The number of aryl methyl sites for hydroxylation is 1. The van der Waals surface area contributed by atoms with Gasteiger partial charge in [0.15, 0.2) is 11.5 Å². The highest BCUT2D eigenvalue weighted by Gasteiger charge is 2.33. The minimum atomic E-state index is -0.357. The summed E-state index contributed by atoms with van der Waals surface area (Å²) in [6.07, 6.45) is 5.35. The lowest BCUT2D eigenvalue weighted by atomic mass is 10.0. The Hall–Kier alpha value is -2.39. The van der Waals surface area contributed by atoms with Crippen molar-refractivity contribution in [1.29, 1.82) is 0 Å². The molecule has 1 aliphatic carbocycles. The van der Waals surface area contributed by atoms with E-state index in [1.807, 2.05) is 6.26 Å². The van der Waals surface area contributed by atoms with Gasteiger partial charge in [-0.15, -0.1) is 11.8 Å². The second-order valence-electron chi connectivity index (χ2n) is 6.36. The predicted molar refractivity (Wildman–Crippen MR) is 99.5 cm³/mol. The van der Waals surface area contributed by atoms with Crippen LogP contribution in [0.2, 0.25) is 5.02 Å². The van der Waals surface area contributed by atoms with Crippen molar-refractivity contribution in [1.82, 2.24) is 24.9 Å². The summed E-state index contributed by atoms with van der Waals surface area (Å²) >= 11 is 7.78. The number of hydrogen-bond acceptors (Lipinski definition) is 7. The van der Waals surface area contributed by atoms with Crippen molar-refractivity contribution >= 4 is 29.1 Å². The normalized spacial score (nSPS) is 13.9. The van der Waals surface area contributed by atoms with E-state index in [1.165, 1.54) is 29.7 Å². The van der Waals surface area contributed by atoms with Gasteiger partial charge in [-0.2, -0.15) is 9.36 Å². The van der Waals surface area contributed by atoms with Crippen LogP contribution in [0.5, 0.6) is 0 Å². The Labute approximate surface area is 163 Å². The third-order valence-corrected chi connectivity index (χ3v) is 5.76. The summed E-state index contributed by atoms with van der Waals surface area (Å²) in [7, 11) is 1.52. The summed E-state index contributed by atoms with van der Waals surface area (Å²) in [5, 5.41) is 11.8. The van der Waals surface area contributed by atoms with Crippen molar-refractivity contribution < 1.29 is 9.32 Å². The van der Waals surface area contributed by atoms with Crippen LogP contribution < -0.4 is 5.69 Å². The Morgan fingerprint density at radius 1 is 1.33 bits per heavy atom. The molecule has 140 valence electrons. The van der Waals surface area contributed by atoms with Gasteiger partial charge in [0.25, 0.3) is 0 Å². The average Bonchev–Trinajstić information content (AvgIpc) is 3.31. The molecule has 0 aliphatic heterocycles. The number of carbonyl (C=O) groups is 1. The summed E-state index contributed by atoms with van der Waals surface area (Å²) < 4.78 is 7.65. The van der Waals surface area contributed by atoms with E-state index >= 15 is 0 Å². The first-order valence-corrected chi connectivity index (χ1v) is 9.93. The summed E-state index contributed by atoms with van der Waals surface area (Å²) in [6.45, 7) is 0.127. The largest absolute Gasteiger partial charge is 0.363 e. The van der Waals surface area contributed by atoms with Crippen molar-refractivity contribution in [3.05, 3.63) is 56.3 Å². The van der Waals surface area contributed by atoms with E-state index < -0.39 is 0 Å². The van der Waals surface area contributed by atoms with E-state index in [2.05, 4.69) is 15.6 Å². The third kappa shape index (κ3) is 3.21. The Kier molecular flexibility index (Phi) is 4.65. The number of tetrazole rings is 1. The van der Waals surface area contributed by atoms with E-state index in [9.17, 15) is 9.59 Å². The molecule has 3 aromatic rings. The third-order valence-electron chi connectivity index (χ3n) is 4.53. The lowest BCUT2D eigenvalue weighted by molar-refractivity contribution is 0.103. The Balaban J connectivity index is 1.77. The first kappa shape index (κ1) is 18.0. The van der Waals surface area contributed by atoms with Gasteiger partial charge in [-0.3, -0.25) is 4.79 Å². The van der Waals surface area contributed by atoms with Crippen LogP contribution in [0.15, 0.2) is 32.5 Å². The number of rotatable bonds is 6. The number of carbonyl (C=O) groups excluding carboxylic acids is 1. The van der Waals surface area contributed by atoms with Crippen LogP contribution in [-0.4, -0.2) is 37.0 Å². The van der Waals surface area contributed by atoms with E-state index in [1.54, 1.807) is 12.1 Å². The van der Waals surface area contributed by atoms with Crippen LogP contribution in [0.25, 0.3) is 0 Å². The van der Waals surface area contributed by atoms with Crippen molar-refractivity contribution in [3.8, 4) is 0 Å². The first-order chi connectivity index (χ1) is 13.0. The van der Waals surface area contributed by atoms with Crippen molar-refractivity contribution in [2.75, 3.05) is 6.26 Å². The number of halogens is 1. The first-order valence-electron chi connectivity index (χ1n) is 8.32. The monoisotopic (exact) mass is 405 g/mol. The van der Waals surface area contributed by atoms with Gasteiger partial charge in [0, 0.05) is 34.0 Å². The van der Waals surface area contributed by atoms with E-state index in [-0.39, 0.29) is 23.9 Å². The highest BCUT2D eigenvalue weighted by molar-refractivity contribution is 7.98. The number of ketones is 1. The van der Waals surface area contributed by atoms with Gasteiger partial charge in [-0.05, 0) is 41.7 Å². The van der Waals surface area contributed by atoms with Crippen molar-refractivity contribution in [2.45, 2.75) is 30.2 Å². The molecule has 0 amide bonds. The van der Waals surface area contributed by atoms with E-state index in [0.29, 0.717) is 32.4 Å². The number of thioether (sulfide) groups is 1. The van der Waals surface area contributed by atoms with Crippen LogP contribution in [-0.2, 0) is 13.6 Å². The molecule has 0 bridgehead atoms. The molecule has 0 radical (unpaired) electrons. The van der Waals surface area contributed by atoms with Crippen LogP contribution in [0.4, 0.5) is 0 Å². The van der Waals surface area contributed by atoms with Crippen LogP contribution in [0.1, 0.15) is 46.0 Å². The zero-order valence-corrected chi connectivity index (χ0v) is 16.3. The topological polar surface area (TPSA) is 95.8 Å². The van der Waals surface area contributed by atoms with Gasteiger partial charge < -0.3 is 4.52 Å². The average molecular weight is 406 g/mol. The predicted octanol–water partition coefficient (Wildman–Crippen LogP) is 2.50. The van der Waals surface area contributed by atoms with E-state index in [4.69, 9.17) is 16.1 Å². The molecule has 10 heteroatoms. The Morgan fingerprint density at radius 2 is 2.11 bits per heavy atom. The molecule has 0 spiro atoms. The smallest absolute Gasteiger partial charge is 0.360 e. The van der Waals surface area contributed by atoms with Gasteiger partial charge in [0.05, 0.1) is 18.3 Å². The van der Waals surface area contributed by atoms with Crippen LogP contribution >= 0.6 is 23.4 Å². The second kappa shape index (κ2) is 6.97. The second-order valence-corrected chi connectivity index (χ2v) is 7.58. The number of benzene rings is 1. The number of hydrogen-bond donors (Lipinski definition) is 0. The molecule has 0 N–H and O–H groups in total. The standard InChI is InChI=1S/C17H16ClN5O3S/c1-22-17(25)23(21-20-22)8-12-13(18)6-5-10(16(12)27-2)14(24)11-7-19-26-15(11)9-3-4-9/h5-7,9H,3-4,8H2,1-2H3. The maximum Gasteiger partial charge on any atom is 0.363 e.